The van der Waals surface area contributed by atoms with Crippen LogP contribution in [0.1, 0.15) is 12.5 Å². The Morgan fingerprint density at radius 3 is 2.32 bits per heavy atom. The van der Waals surface area contributed by atoms with Crippen LogP contribution in [-0.4, -0.2) is 63.1 Å². The Hall–Kier alpha value is -3.19. The molecule has 0 aliphatic carbocycles. The fraction of sp³-hybridized carbons (Fsp3) is 0.333. The topological polar surface area (TPSA) is 139 Å². The van der Waals surface area contributed by atoms with E-state index in [1.807, 2.05) is 0 Å². The number of carbonyl (C=O) groups excluding carboxylic acids is 2. The second-order valence-electron chi connectivity index (χ2n) is 7.32. The van der Waals surface area contributed by atoms with Gasteiger partial charge in [0.1, 0.15) is 24.0 Å². The van der Waals surface area contributed by atoms with E-state index in [1.165, 1.54) is 32.0 Å². The number of nitrogens with one attached hydrogen (secondary N) is 1. The molecular weight excluding hydrogens is 532 g/mol. The predicted octanol–water partition coefficient (Wildman–Crippen LogP) is 2.30. The highest BCUT2D eigenvalue weighted by atomic mass is 79.9. The molecule has 0 aliphatic heterocycles. The van der Waals surface area contributed by atoms with Crippen molar-refractivity contribution in [2.75, 3.05) is 31.3 Å². The number of sulfonamides is 1. The zero-order valence-electron chi connectivity index (χ0n) is 19.0. The maximum atomic E-state index is 13.4. The van der Waals surface area contributed by atoms with E-state index in [1.54, 1.807) is 24.3 Å². The third-order valence-corrected chi connectivity index (χ3v) is 6.66. The van der Waals surface area contributed by atoms with Crippen LogP contribution < -0.4 is 14.4 Å². The highest BCUT2D eigenvalue weighted by Gasteiger charge is 2.31. The van der Waals surface area contributed by atoms with Gasteiger partial charge in [-0.05, 0) is 30.7 Å². The highest BCUT2D eigenvalue weighted by molar-refractivity contribution is 9.10. The van der Waals surface area contributed by atoms with E-state index in [9.17, 15) is 28.1 Å². The summed E-state index contributed by atoms with van der Waals surface area (Å²) >= 11 is 3.34. The number of hydrogen-bond acceptors (Lipinski definition) is 7. The van der Waals surface area contributed by atoms with Crippen LogP contribution in [0.25, 0.3) is 0 Å². The number of hydrogen-bond donors (Lipinski definition) is 1. The van der Waals surface area contributed by atoms with Crippen LogP contribution in [0.5, 0.6) is 5.75 Å². The van der Waals surface area contributed by atoms with Gasteiger partial charge in [-0.25, -0.2) is 8.42 Å². The number of halogens is 1. The zero-order chi connectivity index (χ0) is 25.6. The molecule has 0 saturated carbocycles. The van der Waals surface area contributed by atoms with Crippen molar-refractivity contribution >= 4 is 49.1 Å². The van der Waals surface area contributed by atoms with Crippen LogP contribution in [0.15, 0.2) is 46.9 Å². The number of ether oxygens (including phenoxy) is 1. The normalized spacial score (nSPS) is 11.9. The third kappa shape index (κ3) is 6.67. The quantitative estimate of drug-likeness (QED) is 0.349. The predicted molar refractivity (Wildman–Crippen MR) is 130 cm³/mol. The van der Waals surface area contributed by atoms with Crippen LogP contribution in [0.2, 0.25) is 0 Å². The lowest BCUT2D eigenvalue weighted by atomic mass is 10.1. The van der Waals surface area contributed by atoms with E-state index in [4.69, 9.17) is 4.74 Å². The average molecular weight is 557 g/mol. The van der Waals surface area contributed by atoms with Crippen molar-refractivity contribution in [3.8, 4) is 5.75 Å². The molecule has 0 spiro atoms. The minimum Gasteiger partial charge on any atom is -0.495 e. The van der Waals surface area contributed by atoms with Gasteiger partial charge in [-0.3, -0.25) is 24.0 Å². The third-order valence-electron chi connectivity index (χ3n) is 5.00. The van der Waals surface area contributed by atoms with Crippen molar-refractivity contribution in [2.45, 2.75) is 19.5 Å². The lowest BCUT2D eigenvalue weighted by molar-refractivity contribution is -0.384. The number of non-ortho nitro benzene ring substituents is 1. The van der Waals surface area contributed by atoms with Gasteiger partial charge in [-0.2, -0.15) is 0 Å². The summed E-state index contributed by atoms with van der Waals surface area (Å²) in [5.41, 5.74) is 0.178. The van der Waals surface area contributed by atoms with Crippen molar-refractivity contribution < 1.29 is 27.7 Å². The van der Waals surface area contributed by atoms with Gasteiger partial charge in [0.25, 0.3) is 5.69 Å². The monoisotopic (exact) mass is 556 g/mol. The Kier molecular flexibility index (Phi) is 8.99. The number of likely N-dealkylation sites (N-methyl/N-ethyl adjacent to an activating group) is 1. The lowest BCUT2D eigenvalue weighted by Crippen LogP contribution is -2.50. The summed E-state index contributed by atoms with van der Waals surface area (Å²) in [6, 6.07) is 9.60. The molecule has 11 nitrogen and oxygen atoms in total. The number of nitrogens with zero attached hydrogens (tertiary/aromatic N) is 3. The summed E-state index contributed by atoms with van der Waals surface area (Å²) in [6.07, 6.45) is 0.875. The van der Waals surface area contributed by atoms with Gasteiger partial charge in [-0.1, -0.05) is 28.1 Å². The van der Waals surface area contributed by atoms with Gasteiger partial charge in [0, 0.05) is 30.2 Å². The molecule has 1 N–H and O–H groups in total. The molecule has 1 atom stereocenters. The van der Waals surface area contributed by atoms with E-state index in [0.29, 0.717) is 5.56 Å². The molecule has 0 aliphatic rings. The molecule has 0 bridgehead atoms. The molecule has 184 valence electrons. The number of benzene rings is 2. The summed E-state index contributed by atoms with van der Waals surface area (Å²) in [7, 11) is -1.37. The second kappa shape index (κ2) is 11.3. The maximum absolute atomic E-state index is 13.4. The van der Waals surface area contributed by atoms with Crippen LogP contribution in [0, 0.1) is 10.1 Å². The van der Waals surface area contributed by atoms with Crippen LogP contribution in [-0.2, 0) is 26.2 Å². The van der Waals surface area contributed by atoms with Crippen molar-refractivity contribution in [3.63, 3.8) is 0 Å². The van der Waals surface area contributed by atoms with Gasteiger partial charge >= 0.3 is 0 Å². The Balaban J connectivity index is 2.50. The Labute approximate surface area is 206 Å². The molecule has 0 saturated heterocycles. The second-order valence-corrected chi connectivity index (χ2v) is 10.1. The van der Waals surface area contributed by atoms with Gasteiger partial charge in [0.2, 0.25) is 21.8 Å². The van der Waals surface area contributed by atoms with Crippen molar-refractivity contribution in [2.24, 2.45) is 0 Å². The first kappa shape index (κ1) is 27.1. The van der Waals surface area contributed by atoms with Gasteiger partial charge in [-0.15, -0.1) is 0 Å². The van der Waals surface area contributed by atoms with Gasteiger partial charge in [0.05, 0.1) is 18.3 Å². The molecule has 1 unspecified atom stereocenters. The Morgan fingerprint density at radius 2 is 1.82 bits per heavy atom. The van der Waals surface area contributed by atoms with Crippen molar-refractivity contribution in [1.82, 2.24) is 10.2 Å². The zero-order valence-corrected chi connectivity index (χ0v) is 21.4. The van der Waals surface area contributed by atoms with E-state index >= 15 is 0 Å². The summed E-state index contributed by atoms with van der Waals surface area (Å²) in [5.74, 6) is -1.09. The molecule has 34 heavy (non-hydrogen) atoms. The fourth-order valence-electron chi connectivity index (χ4n) is 3.16. The number of nitro benzene ring substituents is 1. The first-order valence-electron chi connectivity index (χ1n) is 9.94. The number of rotatable bonds is 10. The van der Waals surface area contributed by atoms with Crippen molar-refractivity contribution in [3.05, 3.63) is 62.6 Å². The molecule has 2 amide bonds. The van der Waals surface area contributed by atoms with E-state index in [-0.39, 0.29) is 23.7 Å². The number of nitro groups is 1. The largest absolute Gasteiger partial charge is 0.495 e. The number of carbonyl (C=O) groups is 2. The highest BCUT2D eigenvalue weighted by Crippen LogP contribution is 2.33. The van der Waals surface area contributed by atoms with Crippen molar-refractivity contribution in [1.29, 1.82) is 0 Å². The number of methoxy groups -OCH3 is 1. The molecule has 0 heterocycles. The Bertz CT molecular complexity index is 1170. The number of amides is 2. The van der Waals surface area contributed by atoms with E-state index in [0.717, 1.165) is 27.2 Å². The molecule has 0 radical (unpaired) electrons. The van der Waals surface area contributed by atoms with E-state index < -0.39 is 39.3 Å². The molecule has 2 aromatic rings. The summed E-state index contributed by atoms with van der Waals surface area (Å²) in [6.45, 7) is 0.854. The number of anilines is 1. The van der Waals surface area contributed by atoms with Crippen LogP contribution in [0.4, 0.5) is 11.4 Å². The SMILES string of the molecule is CNC(=O)C(C)N(Cc1ccc(Br)cc1)C(=O)CN(c1cc([N+](=O)[O-])ccc1OC)S(C)(=O)=O. The summed E-state index contributed by atoms with van der Waals surface area (Å²) in [4.78, 5) is 37.5. The Morgan fingerprint density at radius 1 is 1.21 bits per heavy atom. The summed E-state index contributed by atoms with van der Waals surface area (Å²) < 4.78 is 32.0. The van der Waals surface area contributed by atoms with E-state index in [2.05, 4.69) is 21.2 Å². The average Bonchev–Trinajstić information content (AvgIpc) is 2.79. The fourth-order valence-corrected chi connectivity index (χ4v) is 4.27. The first-order chi connectivity index (χ1) is 15.9. The molecule has 2 rings (SSSR count). The smallest absolute Gasteiger partial charge is 0.271 e. The molecule has 13 heteroatoms. The molecular formula is C21H25BrN4O7S. The molecule has 0 aromatic heterocycles. The summed E-state index contributed by atoms with van der Waals surface area (Å²) in [5, 5.41) is 13.7. The van der Waals surface area contributed by atoms with Crippen LogP contribution >= 0.6 is 15.9 Å². The minimum atomic E-state index is -4.08. The van der Waals surface area contributed by atoms with Crippen LogP contribution in [0.3, 0.4) is 0 Å². The standard InChI is InChI=1S/C21H25BrN4O7S/c1-14(21(28)23-2)24(12-15-5-7-16(22)8-6-15)20(27)13-25(34(4,31)32)18-11-17(26(29)30)9-10-19(18)33-3/h5-11,14H,12-13H2,1-4H3,(H,23,28). The van der Waals surface area contributed by atoms with Gasteiger partial charge < -0.3 is 15.0 Å². The molecule has 2 aromatic carbocycles. The maximum Gasteiger partial charge on any atom is 0.271 e. The van der Waals surface area contributed by atoms with Gasteiger partial charge in [0.15, 0.2) is 0 Å². The first-order valence-corrected chi connectivity index (χ1v) is 12.6. The molecule has 0 fully saturated rings. The minimum absolute atomic E-state index is 0.0302. The lowest BCUT2D eigenvalue weighted by Gasteiger charge is -2.31.